The summed E-state index contributed by atoms with van der Waals surface area (Å²) in [6.07, 6.45) is 5.41. The average Bonchev–Trinajstić information content (AvgIpc) is 2.39. The summed E-state index contributed by atoms with van der Waals surface area (Å²) >= 11 is 0. The minimum absolute atomic E-state index is 0.146. The first-order valence-electron chi connectivity index (χ1n) is 6.83. The first-order chi connectivity index (χ1) is 8.52. The minimum atomic E-state index is -0.806. The monoisotopic (exact) mass is 274 g/mol. The van der Waals surface area contributed by atoms with Gasteiger partial charge in [0.25, 0.3) is 0 Å². The van der Waals surface area contributed by atoms with Crippen molar-refractivity contribution in [3.05, 3.63) is 0 Å². The van der Waals surface area contributed by atoms with Crippen molar-refractivity contribution >= 4 is 16.7 Å². The molecule has 0 aromatic rings. The molecule has 1 saturated heterocycles. The van der Waals surface area contributed by atoms with Gasteiger partial charge in [-0.1, -0.05) is 13.8 Å². The average molecular weight is 274 g/mol. The Kier molecular flexibility index (Phi) is 6.29. The maximum atomic E-state index is 12.3. The number of nitrogens with one attached hydrogen (secondary N) is 2. The summed E-state index contributed by atoms with van der Waals surface area (Å²) in [7, 11) is -0.806. The second kappa shape index (κ2) is 7.24. The molecule has 4 nitrogen and oxygen atoms in total. The summed E-state index contributed by atoms with van der Waals surface area (Å²) in [5, 5.41) is 6.48. The standard InChI is InChI=1S/C13H26N2O2S/c1-4-13(7-5-8-14-10-13)12(16)15-9-6-11(2)18(3)17/h11,14H,4-10H2,1-3H3,(H,15,16). The van der Waals surface area contributed by atoms with Gasteiger partial charge in [0, 0.05) is 35.4 Å². The van der Waals surface area contributed by atoms with Gasteiger partial charge < -0.3 is 10.6 Å². The SMILES string of the molecule is CCC1(C(=O)NCCC(C)S(C)=O)CCCNC1. The number of rotatable bonds is 6. The van der Waals surface area contributed by atoms with Crippen molar-refractivity contribution in [2.45, 2.75) is 44.8 Å². The molecule has 0 bridgehead atoms. The van der Waals surface area contributed by atoms with Crippen LogP contribution >= 0.6 is 0 Å². The molecule has 106 valence electrons. The third kappa shape index (κ3) is 4.05. The molecule has 3 atom stereocenters. The van der Waals surface area contributed by atoms with E-state index in [4.69, 9.17) is 0 Å². The predicted molar refractivity (Wildman–Crippen MR) is 76.0 cm³/mol. The molecule has 0 saturated carbocycles. The Hall–Kier alpha value is -0.420. The van der Waals surface area contributed by atoms with Crippen molar-refractivity contribution in [2.24, 2.45) is 5.41 Å². The van der Waals surface area contributed by atoms with Crippen LogP contribution in [0.3, 0.4) is 0 Å². The summed E-state index contributed by atoms with van der Waals surface area (Å²) < 4.78 is 11.2. The second-order valence-corrected chi connectivity index (χ2v) is 7.07. The molecule has 0 aromatic carbocycles. The van der Waals surface area contributed by atoms with E-state index >= 15 is 0 Å². The van der Waals surface area contributed by atoms with Gasteiger partial charge in [0.1, 0.15) is 0 Å². The van der Waals surface area contributed by atoms with Crippen LogP contribution in [0.4, 0.5) is 0 Å². The molecule has 2 N–H and O–H groups in total. The van der Waals surface area contributed by atoms with Crippen LogP contribution in [0, 0.1) is 5.41 Å². The fraction of sp³-hybridized carbons (Fsp3) is 0.923. The number of hydrogen-bond donors (Lipinski definition) is 2. The zero-order valence-corrected chi connectivity index (χ0v) is 12.6. The van der Waals surface area contributed by atoms with Gasteiger partial charge >= 0.3 is 0 Å². The van der Waals surface area contributed by atoms with Crippen LogP contribution in [0.5, 0.6) is 0 Å². The summed E-state index contributed by atoms with van der Waals surface area (Å²) in [4.78, 5) is 12.3. The molecular weight excluding hydrogens is 248 g/mol. The number of hydrogen-bond acceptors (Lipinski definition) is 3. The Labute approximate surface area is 113 Å². The molecular formula is C13H26N2O2S. The lowest BCUT2D eigenvalue weighted by atomic mass is 9.77. The lowest BCUT2D eigenvalue weighted by molar-refractivity contribution is -0.132. The van der Waals surface area contributed by atoms with E-state index < -0.39 is 10.8 Å². The zero-order valence-electron chi connectivity index (χ0n) is 11.8. The van der Waals surface area contributed by atoms with Gasteiger partial charge in [0.05, 0.1) is 5.41 Å². The molecule has 5 heteroatoms. The molecule has 0 aromatic heterocycles. The van der Waals surface area contributed by atoms with E-state index in [2.05, 4.69) is 17.6 Å². The summed E-state index contributed by atoms with van der Waals surface area (Å²) in [6.45, 7) is 6.46. The largest absolute Gasteiger partial charge is 0.356 e. The van der Waals surface area contributed by atoms with E-state index in [0.29, 0.717) is 6.54 Å². The Morgan fingerprint density at radius 2 is 2.28 bits per heavy atom. The first-order valence-corrected chi connectivity index (χ1v) is 8.45. The summed E-state index contributed by atoms with van der Waals surface area (Å²) in [6, 6.07) is 0. The van der Waals surface area contributed by atoms with Crippen LogP contribution in [0.1, 0.15) is 39.5 Å². The van der Waals surface area contributed by atoms with Crippen molar-refractivity contribution in [2.75, 3.05) is 25.9 Å². The highest BCUT2D eigenvalue weighted by molar-refractivity contribution is 7.84. The molecule has 1 aliphatic heterocycles. The van der Waals surface area contributed by atoms with E-state index in [-0.39, 0.29) is 16.6 Å². The minimum Gasteiger partial charge on any atom is -0.356 e. The van der Waals surface area contributed by atoms with Gasteiger partial charge in [-0.3, -0.25) is 9.00 Å². The fourth-order valence-electron chi connectivity index (χ4n) is 2.37. The van der Waals surface area contributed by atoms with E-state index in [1.54, 1.807) is 6.26 Å². The highest BCUT2D eigenvalue weighted by Crippen LogP contribution is 2.30. The van der Waals surface area contributed by atoms with Crippen LogP contribution < -0.4 is 10.6 Å². The first kappa shape index (κ1) is 15.6. The Bertz CT molecular complexity index is 301. The predicted octanol–water partition coefficient (Wildman–Crippen LogP) is 1.04. The lowest BCUT2D eigenvalue weighted by Crippen LogP contribution is -2.50. The van der Waals surface area contributed by atoms with Crippen LogP contribution in [0.2, 0.25) is 0 Å². The number of carbonyl (C=O) groups excluding carboxylic acids is 1. The fourth-order valence-corrected chi connectivity index (χ4v) is 2.82. The van der Waals surface area contributed by atoms with Gasteiger partial charge in [0.15, 0.2) is 0 Å². The molecule has 0 radical (unpaired) electrons. The van der Waals surface area contributed by atoms with Crippen molar-refractivity contribution in [1.82, 2.24) is 10.6 Å². The Morgan fingerprint density at radius 1 is 1.56 bits per heavy atom. The van der Waals surface area contributed by atoms with Gasteiger partial charge in [0.2, 0.25) is 5.91 Å². The topological polar surface area (TPSA) is 58.2 Å². The summed E-state index contributed by atoms with van der Waals surface area (Å²) in [5.74, 6) is 0.159. The molecule has 0 aliphatic carbocycles. The van der Waals surface area contributed by atoms with Gasteiger partial charge in [-0.15, -0.1) is 0 Å². The highest BCUT2D eigenvalue weighted by Gasteiger charge is 2.37. The van der Waals surface area contributed by atoms with Crippen LogP contribution in [-0.2, 0) is 15.6 Å². The molecule has 18 heavy (non-hydrogen) atoms. The quantitative estimate of drug-likeness (QED) is 0.761. The highest BCUT2D eigenvalue weighted by atomic mass is 32.2. The van der Waals surface area contributed by atoms with E-state index in [1.807, 2.05) is 6.92 Å². The molecule has 1 heterocycles. The third-order valence-electron chi connectivity index (χ3n) is 4.03. The number of piperidine rings is 1. The maximum absolute atomic E-state index is 12.3. The lowest BCUT2D eigenvalue weighted by Gasteiger charge is -2.35. The van der Waals surface area contributed by atoms with Crippen LogP contribution in [0.25, 0.3) is 0 Å². The van der Waals surface area contributed by atoms with Crippen molar-refractivity contribution in [3.8, 4) is 0 Å². The molecule has 1 aliphatic rings. The zero-order chi connectivity index (χ0) is 13.6. The second-order valence-electron chi connectivity index (χ2n) is 5.27. The van der Waals surface area contributed by atoms with Gasteiger partial charge in [-0.2, -0.15) is 0 Å². The van der Waals surface area contributed by atoms with Crippen molar-refractivity contribution < 1.29 is 9.00 Å². The Balaban J connectivity index is 2.41. The number of carbonyl (C=O) groups is 1. The van der Waals surface area contributed by atoms with Crippen molar-refractivity contribution in [3.63, 3.8) is 0 Å². The normalized spacial score (nSPS) is 27.5. The Morgan fingerprint density at radius 3 is 2.78 bits per heavy atom. The molecule has 1 amide bonds. The number of amides is 1. The molecule has 0 spiro atoms. The van der Waals surface area contributed by atoms with E-state index in [1.165, 1.54) is 0 Å². The van der Waals surface area contributed by atoms with Gasteiger partial charge in [-0.05, 0) is 32.2 Å². The van der Waals surface area contributed by atoms with Gasteiger partial charge in [-0.25, -0.2) is 0 Å². The maximum Gasteiger partial charge on any atom is 0.227 e. The van der Waals surface area contributed by atoms with E-state index in [9.17, 15) is 9.00 Å². The summed E-state index contributed by atoms with van der Waals surface area (Å²) in [5.41, 5.74) is -0.229. The van der Waals surface area contributed by atoms with Crippen molar-refractivity contribution in [1.29, 1.82) is 0 Å². The van der Waals surface area contributed by atoms with Crippen LogP contribution in [0.15, 0.2) is 0 Å². The smallest absolute Gasteiger partial charge is 0.227 e. The molecule has 1 rings (SSSR count). The third-order valence-corrected chi connectivity index (χ3v) is 5.40. The van der Waals surface area contributed by atoms with Crippen LogP contribution in [-0.4, -0.2) is 41.3 Å². The van der Waals surface area contributed by atoms with E-state index in [0.717, 1.165) is 38.8 Å². The molecule has 1 fully saturated rings. The molecule has 3 unspecified atom stereocenters.